The molecule has 6 rings (SSSR count). The molecule has 6 aromatic carbocycles. The summed E-state index contributed by atoms with van der Waals surface area (Å²) < 4.78 is 31.9. The average molecular weight is 605 g/mol. The van der Waals surface area contributed by atoms with E-state index in [1.165, 1.54) is 45.2 Å². The van der Waals surface area contributed by atoms with Crippen molar-refractivity contribution in [1.29, 1.82) is 0 Å². The van der Waals surface area contributed by atoms with Gasteiger partial charge in [0.1, 0.15) is 0 Å². The van der Waals surface area contributed by atoms with E-state index in [1.807, 2.05) is 0 Å². The predicted octanol–water partition coefficient (Wildman–Crippen LogP) is 8.06. The van der Waals surface area contributed by atoms with Gasteiger partial charge in [-0.25, -0.2) is 0 Å². The zero-order valence-corrected chi connectivity index (χ0v) is 24.7. The van der Waals surface area contributed by atoms with Crippen LogP contribution in [0.2, 0.25) is 0 Å². The number of hydrogen-bond acceptors (Lipinski definition) is 2. The maximum atomic E-state index is 8.82. The van der Waals surface area contributed by atoms with Gasteiger partial charge in [-0.3, -0.25) is 0 Å². The quantitative estimate of drug-likeness (QED) is 0.149. The van der Waals surface area contributed by atoms with Crippen molar-refractivity contribution in [2.75, 3.05) is 0 Å². The molecule has 0 saturated carbocycles. The fourth-order valence-corrected chi connectivity index (χ4v) is 4.63. The summed E-state index contributed by atoms with van der Waals surface area (Å²) >= 11 is -5.25. The van der Waals surface area contributed by atoms with Crippen molar-refractivity contribution >= 4 is 0 Å². The van der Waals surface area contributed by atoms with Crippen LogP contribution in [0.25, 0.3) is 0 Å². The molecule has 0 radical (unpaired) electrons. The molecular weight excluding hydrogens is 572 g/mol. The Kier molecular flexibility index (Phi) is 11.5. The molecule has 6 aromatic rings. The normalized spacial score (nSPS) is 10.3. The molecule has 0 aliphatic carbocycles. The summed E-state index contributed by atoms with van der Waals surface area (Å²) in [6.45, 7) is 0. The Morgan fingerprint density at radius 1 is 0.302 bits per heavy atom. The number of hydrogen-bond donors (Lipinski definition) is 2. The third-order valence-electron chi connectivity index (χ3n) is 6.37. The molecule has 0 bridgehead atoms. The zero-order chi connectivity index (χ0) is 30.3. The molecule has 43 heavy (non-hydrogen) atoms. The summed E-state index contributed by atoms with van der Waals surface area (Å²) in [6, 6.07) is 63.3. The van der Waals surface area contributed by atoms with Gasteiger partial charge in [0.2, 0.25) is 0 Å². The van der Waals surface area contributed by atoms with Crippen LogP contribution in [0.5, 0.6) is 0 Å². The smallest absolute Gasteiger partial charge is 0.0710 e. The van der Waals surface area contributed by atoms with E-state index in [9.17, 15) is 0 Å². The first-order valence-corrected chi connectivity index (χ1v) is 15.8. The van der Waals surface area contributed by atoms with Crippen LogP contribution < -0.4 is 0 Å². The van der Waals surface area contributed by atoms with E-state index in [-0.39, 0.29) is 0 Å². The molecule has 0 amide bonds. The van der Waals surface area contributed by atoms with Crippen molar-refractivity contribution in [2.24, 2.45) is 0 Å². The van der Waals surface area contributed by atoms with Crippen LogP contribution in [0.15, 0.2) is 182 Å². The van der Waals surface area contributed by atoms with Gasteiger partial charge < -0.3 is 0 Å². The number of benzene rings is 6. The van der Waals surface area contributed by atoms with Crippen molar-refractivity contribution in [3.05, 3.63) is 227 Å². The molecule has 5 heteroatoms. The van der Waals surface area contributed by atoms with Crippen molar-refractivity contribution < 1.29 is 29.5 Å². The largest absolute Gasteiger partial charge is 0.0999 e. The molecule has 0 atom stereocenters. The van der Waals surface area contributed by atoms with Gasteiger partial charge in [0.15, 0.2) is 0 Å². The van der Waals surface area contributed by atoms with Gasteiger partial charge in [-0.1, -0.05) is 227 Å². The molecule has 0 aromatic heterocycles. The molecule has 0 heterocycles. The monoisotopic (exact) mass is 604 g/mol. The van der Waals surface area contributed by atoms with Crippen LogP contribution in [-0.4, -0.2) is 8.32 Å². The first-order chi connectivity index (χ1) is 20.9. The third-order valence-corrected chi connectivity index (χ3v) is 6.37. The average Bonchev–Trinajstić information content (AvgIpc) is 3.04. The summed E-state index contributed by atoms with van der Waals surface area (Å²) in [7, 11) is 0. The molecule has 0 unspecified atom stereocenters. The van der Waals surface area contributed by atoms with E-state index >= 15 is 0 Å². The van der Waals surface area contributed by atoms with E-state index in [0.29, 0.717) is 0 Å². The minimum absolute atomic E-state index is 1.25. The first kappa shape index (κ1) is 31.1. The first-order valence-electron chi connectivity index (χ1n) is 13.7. The Labute approximate surface area is 256 Å². The van der Waals surface area contributed by atoms with E-state index < -0.39 is 13.6 Å². The molecule has 2 N–H and O–H groups in total. The van der Waals surface area contributed by atoms with Gasteiger partial charge in [0, 0.05) is 0 Å². The predicted molar refractivity (Wildman–Crippen MR) is 166 cm³/mol. The Bertz CT molecular complexity index is 1400. The molecule has 0 aliphatic heterocycles. The Morgan fingerprint density at radius 2 is 0.419 bits per heavy atom. The SMILES string of the molecule is [O]=[Cr](=[O])([OH])[OH].c1ccc([C-](c2ccccc2)c2ccccc2)cc1.c1ccc([C-](c2ccccc2)c2ccccc2)cc1. The van der Waals surface area contributed by atoms with Crippen LogP contribution >= 0.6 is 0 Å². The third kappa shape index (κ3) is 10.2. The summed E-state index contributed by atoms with van der Waals surface area (Å²) in [5, 5.41) is 0. The second-order valence-corrected chi connectivity index (χ2v) is 10.8. The van der Waals surface area contributed by atoms with Gasteiger partial charge in [-0.05, 0) is 0 Å². The van der Waals surface area contributed by atoms with Crippen LogP contribution in [0.3, 0.4) is 0 Å². The topological polar surface area (TPSA) is 74.6 Å². The summed E-state index contributed by atoms with van der Waals surface area (Å²) in [5.41, 5.74) is 7.50. The van der Waals surface area contributed by atoms with Crippen molar-refractivity contribution in [3.8, 4) is 0 Å². The molecule has 0 aliphatic rings. The van der Waals surface area contributed by atoms with Crippen LogP contribution in [0.4, 0.5) is 0 Å². The molecule has 0 saturated heterocycles. The van der Waals surface area contributed by atoms with Crippen LogP contribution in [0, 0.1) is 11.8 Å². The van der Waals surface area contributed by atoms with Crippen LogP contribution in [0.1, 0.15) is 33.4 Å². The van der Waals surface area contributed by atoms with Gasteiger partial charge in [-0.2, -0.15) is 0 Å². The fraction of sp³-hybridized carbons (Fsp3) is 0. The van der Waals surface area contributed by atoms with Gasteiger partial charge in [-0.15, -0.1) is 0 Å². The molecule has 216 valence electrons. The van der Waals surface area contributed by atoms with Crippen molar-refractivity contribution in [2.45, 2.75) is 0 Å². The second kappa shape index (κ2) is 15.9. The molecule has 4 nitrogen and oxygen atoms in total. The summed E-state index contributed by atoms with van der Waals surface area (Å²) in [4.78, 5) is 0. The Balaban J connectivity index is 0.000000171. The van der Waals surface area contributed by atoms with Crippen LogP contribution in [-0.2, 0) is 21.2 Å². The van der Waals surface area contributed by atoms with Crippen molar-refractivity contribution in [1.82, 2.24) is 0 Å². The molecule has 0 spiro atoms. The summed E-state index contributed by atoms with van der Waals surface area (Å²) in [6.07, 6.45) is 0. The van der Waals surface area contributed by atoms with Gasteiger partial charge in [0.25, 0.3) is 0 Å². The fourth-order valence-electron chi connectivity index (χ4n) is 4.63. The molecule has 0 fully saturated rings. The minimum Gasteiger partial charge on any atom is -0.0999 e. The maximum Gasteiger partial charge on any atom is -0.0710 e. The standard InChI is InChI=1S/2C19H15.Cr.2H2O.2O/c2*1-4-10-16(11-5-1)19(17-12-6-2-7-13-17)18-14-8-3-9-15-18;;;;;/h2*1-15H;;2*1H2;;/q2*-1;+2;;;;/p-2. The summed E-state index contributed by atoms with van der Waals surface area (Å²) in [5.74, 6) is 2.56. The van der Waals surface area contributed by atoms with E-state index in [1.54, 1.807) is 0 Å². The maximum absolute atomic E-state index is 8.82. The Morgan fingerprint density at radius 3 is 0.535 bits per heavy atom. The second-order valence-electron chi connectivity index (χ2n) is 9.39. The number of rotatable bonds is 6. The van der Waals surface area contributed by atoms with E-state index in [0.717, 1.165) is 0 Å². The van der Waals surface area contributed by atoms with Crippen molar-refractivity contribution in [3.63, 3.8) is 0 Å². The van der Waals surface area contributed by atoms with E-state index in [2.05, 4.69) is 182 Å². The Hall–Kier alpha value is -4.89. The minimum atomic E-state index is -5.25. The molecular formula is C38H32CrO4-2. The van der Waals surface area contributed by atoms with Gasteiger partial charge >= 0.3 is 29.5 Å². The van der Waals surface area contributed by atoms with Gasteiger partial charge in [0.05, 0.1) is 0 Å². The van der Waals surface area contributed by atoms with E-state index in [4.69, 9.17) is 15.9 Å². The zero-order valence-electron chi connectivity index (χ0n) is 23.4.